The second kappa shape index (κ2) is 7.54. The summed E-state index contributed by atoms with van der Waals surface area (Å²) in [6, 6.07) is 3.54. The van der Waals surface area contributed by atoms with E-state index in [2.05, 4.69) is 22.4 Å². The summed E-state index contributed by atoms with van der Waals surface area (Å²) in [6.07, 6.45) is 0.917. The second-order valence-corrected chi connectivity index (χ2v) is 6.56. The number of nitrogens with zero attached hydrogens (tertiary/aromatic N) is 3. The molecule has 8 nitrogen and oxygen atoms in total. The summed E-state index contributed by atoms with van der Waals surface area (Å²) in [4.78, 5) is 27.1. The van der Waals surface area contributed by atoms with Crippen molar-refractivity contribution in [2.75, 3.05) is 26.2 Å². The predicted octanol–water partition coefficient (Wildman–Crippen LogP) is 0.145. The molecule has 0 bridgehead atoms. The monoisotopic (exact) mass is 350 g/mol. The summed E-state index contributed by atoms with van der Waals surface area (Å²) in [5.41, 5.74) is 0. The molecular formula is C15H20N5O3S+. The lowest BCUT2D eigenvalue weighted by molar-refractivity contribution is -0.907. The molecule has 1 aliphatic rings. The number of carbonyl (C=O) groups excluding carboxylic acids is 2. The quantitative estimate of drug-likeness (QED) is 0.741. The first kappa shape index (κ1) is 16.6. The predicted molar refractivity (Wildman–Crippen MR) is 87.4 cm³/mol. The van der Waals surface area contributed by atoms with Gasteiger partial charge in [-0.15, -0.1) is 21.5 Å². The smallest absolute Gasteiger partial charge is 0.324 e. The van der Waals surface area contributed by atoms with E-state index in [0.29, 0.717) is 31.4 Å². The number of hydrogen-bond acceptors (Lipinski definition) is 6. The molecule has 0 spiro atoms. The number of thiophene rings is 1. The molecule has 0 saturated carbocycles. The van der Waals surface area contributed by atoms with Crippen LogP contribution in [0.1, 0.15) is 19.2 Å². The fourth-order valence-corrected chi connectivity index (χ4v) is 3.29. The maximum Gasteiger partial charge on any atom is 0.324 e. The van der Waals surface area contributed by atoms with Gasteiger partial charge in [-0.3, -0.25) is 9.69 Å². The zero-order valence-corrected chi connectivity index (χ0v) is 14.3. The van der Waals surface area contributed by atoms with Crippen molar-refractivity contribution in [3.63, 3.8) is 0 Å². The summed E-state index contributed by atoms with van der Waals surface area (Å²) in [6.45, 7) is 4.49. The largest absolute Gasteiger partial charge is 0.414 e. The molecule has 1 saturated heterocycles. The molecule has 0 radical (unpaired) electrons. The molecule has 1 atom stereocenters. The number of rotatable bonds is 7. The molecule has 9 heteroatoms. The minimum atomic E-state index is -0.311. The minimum Gasteiger partial charge on any atom is -0.414 e. The van der Waals surface area contributed by atoms with Gasteiger partial charge in [-0.1, -0.05) is 13.0 Å². The van der Waals surface area contributed by atoms with Crippen LogP contribution in [0.2, 0.25) is 0 Å². The van der Waals surface area contributed by atoms with Gasteiger partial charge in [0, 0.05) is 13.1 Å². The van der Waals surface area contributed by atoms with Gasteiger partial charge in [-0.25, -0.2) is 4.79 Å². The molecule has 24 heavy (non-hydrogen) atoms. The lowest BCUT2D eigenvalue weighted by Gasteiger charge is -2.19. The SMILES string of the molecule is CCC[NH+](CC(=O)N1CCNC1=O)Cc1nnc(-c2cccs2)o1. The molecule has 0 aliphatic carbocycles. The molecule has 1 unspecified atom stereocenters. The van der Waals surface area contributed by atoms with Gasteiger partial charge >= 0.3 is 6.03 Å². The lowest BCUT2D eigenvalue weighted by Crippen LogP contribution is -3.12. The third-order valence-electron chi connectivity index (χ3n) is 3.76. The van der Waals surface area contributed by atoms with Crippen LogP contribution in [0, 0.1) is 0 Å². The van der Waals surface area contributed by atoms with E-state index in [0.717, 1.165) is 22.7 Å². The van der Waals surface area contributed by atoms with Gasteiger partial charge in [-0.05, 0) is 17.9 Å². The van der Waals surface area contributed by atoms with E-state index in [1.807, 2.05) is 17.5 Å². The zero-order valence-electron chi connectivity index (χ0n) is 13.4. The van der Waals surface area contributed by atoms with Crippen LogP contribution in [0.15, 0.2) is 21.9 Å². The first-order chi connectivity index (χ1) is 11.7. The van der Waals surface area contributed by atoms with E-state index < -0.39 is 0 Å². The van der Waals surface area contributed by atoms with E-state index in [4.69, 9.17) is 4.42 Å². The third-order valence-corrected chi connectivity index (χ3v) is 4.62. The van der Waals surface area contributed by atoms with E-state index in [9.17, 15) is 9.59 Å². The fourth-order valence-electron chi connectivity index (χ4n) is 2.65. The molecule has 128 valence electrons. The van der Waals surface area contributed by atoms with E-state index in [1.54, 1.807) is 0 Å². The van der Waals surface area contributed by atoms with Crippen LogP contribution in [0.3, 0.4) is 0 Å². The standard InChI is InChI=1S/C15H19N5O3S/c1-2-6-19(10-13(21)20-7-5-16-15(20)22)9-12-17-18-14(23-12)11-4-3-8-24-11/h3-4,8H,2,5-7,9-10H2,1H3,(H,16,22)/p+1. The van der Waals surface area contributed by atoms with Crippen molar-refractivity contribution in [1.29, 1.82) is 0 Å². The Morgan fingerprint density at radius 2 is 2.38 bits per heavy atom. The molecule has 2 N–H and O–H groups in total. The van der Waals surface area contributed by atoms with Crippen LogP contribution in [-0.2, 0) is 11.3 Å². The average molecular weight is 350 g/mol. The number of aromatic nitrogens is 2. The Labute approximate surface area is 143 Å². The van der Waals surface area contributed by atoms with Gasteiger partial charge in [0.1, 0.15) is 0 Å². The van der Waals surface area contributed by atoms with E-state index >= 15 is 0 Å². The Hall–Kier alpha value is -2.26. The summed E-state index contributed by atoms with van der Waals surface area (Å²) in [7, 11) is 0. The van der Waals surface area contributed by atoms with Crippen LogP contribution in [0.4, 0.5) is 4.79 Å². The number of imide groups is 1. The maximum atomic E-state index is 12.3. The summed E-state index contributed by atoms with van der Waals surface area (Å²) >= 11 is 1.54. The van der Waals surface area contributed by atoms with Crippen LogP contribution >= 0.6 is 11.3 Å². The van der Waals surface area contributed by atoms with E-state index in [-0.39, 0.29) is 18.5 Å². The Bertz CT molecular complexity index is 700. The van der Waals surface area contributed by atoms with Gasteiger partial charge in [-0.2, -0.15) is 0 Å². The van der Waals surface area contributed by atoms with Crippen molar-refractivity contribution in [3.8, 4) is 10.8 Å². The van der Waals surface area contributed by atoms with E-state index in [1.165, 1.54) is 16.2 Å². The Kier molecular flexibility index (Phi) is 5.21. The van der Waals surface area contributed by atoms with Crippen LogP contribution in [0.25, 0.3) is 10.8 Å². The van der Waals surface area contributed by atoms with Crippen molar-refractivity contribution in [1.82, 2.24) is 20.4 Å². The molecule has 3 rings (SSSR count). The highest BCUT2D eigenvalue weighted by atomic mass is 32.1. The van der Waals surface area contributed by atoms with Crippen LogP contribution < -0.4 is 10.2 Å². The maximum absolute atomic E-state index is 12.3. The third kappa shape index (κ3) is 3.80. The van der Waals surface area contributed by atoms with Gasteiger partial charge in [0.05, 0.1) is 11.4 Å². The van der Waals surface area contributed by atoms with Crippen molar-refractivity contribution in [2.24, 2.45) is 0 Å². The molecule has 0 aromatic carbocycles. The molecule has 3 heterocycles. The highest BCUT2D eigenvalue weighted by Gasteiger charge is 2.29. The number of hydrogen-bond donors (Lipinski definition) is 2. The molecule has 2 aromatic rings. The molecule has 1 aliphatic heterocycles. The molecule has 2 aromatic heterocycles. The second-order valence-electron chi connectivity index (χ2n) is 5.61. The fraction of sp³-hybridized carbons (Fsp3) is 0.467. The minimum absolute atomic E-state index is 0.175. The molecular weight excluding hydrogens is 330 g/mol. The summed E-state index contributed by atoms with van der Waals surface area (Å²) in [5, 5.41) is 12.7. The average Bonchev–Trinajstić information content (AvgIpc) is 3.27. The first-order valence-electron chi connectivity index (χ1n) is 7.95. The van der Waals surface area contributed by atoms with Crippen molar-refractivity contribution < 1.29 is 18.9 Å². The highest BCUT2D eigenvalue weighted by Crippen LogP contribution is 2.22. The van der Waals surface area contributed by atoms with Crippen molar-refractivity contribution >= 4 is 23.3 Å². The first-order valence-corrected chi connectivity index (χ1v) is 8.83. The van der Waals surface area contributed by atoms with Gasteiger partial charge in [0.25, 0.3) is 17.7 Å². The van der Waals surface area contributed by atoms with Crippen molar-refractivity contribution in [3.05, 3.63) is 23.4 Å². The summed E-state index contributed by atoms with van der Waals surface area (Å²) < 4.78 is 5.70. The Morgan fingerprint density at radius 1 is 1.50 bits per heavy atom. The summed E-state index contributed by atoms with van der Waals surface area (Å²) in [5.74, 6) is 0.827. The number of urea groups is 1. The van der Waals surface area contributed by atoms with Gasteiger partial charge < -0.3 is 14.6 Å². The van der Waals surface area contributed by atoms with Crippen LogP contribution in [-0.4, -0.2) is 53.2 Å². The van der Waals surface area contributed by atoms with Crippen LogP contribution in [0.5, 0.6) is 0 Å². The lowest BCUT2D eigenvalue weighted by atomic mass is 10.3. The van der Waals surface area contributed by atoms with Gasteiger partial charge in [0.2, 0.25) is 0 Å². The topological polar surface area (TPSA) is 92.8 Å². The molecule has 3 amide bonds. The number of carbonyl (C=O) groups is 2. The molecule has 1 fully saturated rings. The van der Waals surface area contributed by atoms with Crippen molar-refractivity contribution in [2.45, 2.75) is 19.9 Å². The highest BCUT2D eigenvalue weighted by molar-refractivity contribution is 7.13. The number of nitrogens with one attached hydrogen (secondary N) is 2. The Balaban J connectivity index is 1.63. The Morgan fingerprint density at radius 3 is 3.04 bits per heavy atom. The number of amides is 3. The normalized spacial score (nSPS) is 15.5. The zero-order chi connectivity index (χ0) is 16.9. The number of quaternary nitrogens is 1. The van der Waals surface area contributed by atoms with Gasteiger partial charge in [0.15, 0.2) is 13.1 Å².